The zero-order chi connectivity index (χ0) is 108. The van der Waals surface area contributed by atoms with Gasteiger partial charge in [0.1, 0.15) is 52.4 Å². The van der Waals surface area contributed by atoms with E-state index in [4.69, 9.17) is 14.2 Å². The molecule has 0 aromatic heterocycles. The van der Waals surface area contributed by atoms with E-state index in [2.05, 4.69) is 176 Å². The second-order valence-corrected chi connectivity index (χ2v) is 43.6. The molecule has 13 aromatic carbocycles. The Bertz CT molecular complexity index is 6050. The molecular weight excluding hydrogens is 1860 g/mol. The van der Waals surface area contributed by atoms with Crippen molar-refractivity contribution in [1.82, 2.24) is 0 Å². The first-order valence-electron chi connectivity index (χ1n) is 52.2. The van der Waals surface area contributed by atoms with Crippen LogP contribution >= 0.6 is 0 Å². The van der Waals surface area contributed by atoms with Crippen LogP contribution in [-0.4, -0.2) is 32.2 Å². The molecule has 21 rings (SSSR count). The van der Waals surface area contributed by atoms with E-state index < -0.39 is 58.2 Å². The molecule has 0 spiro atoms. The van der Waals surface area contributed by atoms with Crippen LogP contribution in [0.1, 0.15) is 275 Å². The molecule has 4 saturated carbocycles. The number of benzene rings is 13. The van der Waals surface area contributed by atoms with Crippen LogP contribution in [0, 0.1) is 247 Å². The summed E-state index contributed by atoms with van der Waals surface area (Å²) in [6.45, 7) is 57.1. The lowest BCUT2D eigenvalue weighted by Gasteiger charge is -2.50. The van der Waals surface area contributed by atoms with Crippen LogP contribution in [0.5, 0.6) is 0 Å². The van der Waals surface area contributed by atoms with Crippen molar-refractivity contribution in [2.75, 3.05) is 19.8 Å². The number of aryl methyl sites for hydroxylation is 15. The largest absolute Gasteiger partial charge is 0.378 e. The Balaban J connectivity index is 0.000000214. The van der Waals surface area contributed by atoms with E-state index in [1.807, 2.05) is 45.9 Å². The van der Waals surface area contributed by atoms with Gasteiger partial charge in [-0.3, -0.25) is 0 Å². The van der Waals surface area contributed by atoms with Gasteiger partial charge in [-0.05, 0) is 399 Å². The van der Waals surface area contributed by atoms with Crippen LogP contribution in [0.25, 0.3) is 32.3 Å². The number of hydrogen-bond donors (Lipinski definition) is 0. The van der Waals surface area contributed by atoms with Gasteiger partial charge >= 0.3 is 0 Å². The van der Waals surface area contributed by atoms with Crippen LogP contribution < -0.4 is 0 Å². The number of fused-ring (bicyclic) bond motifs is 8. The number of rotatable bonds is 0. The van der Waals surface area contributed by atoms with Crippen molar-refractivity contribution in [3.63, 3.8) is 0 Å². The molecule has 146 heavy (non-hydrogen) atoms. The van der Waals surface area contributed by atoms with E-state index >= 15 is 0 Å². The van der Waals surface area contributed by atoms with Crippen molar-refractivity contribution in [1.29, 1.82) is 0 Å². The van der Waals surface area contributed by atoms with Gasteiger partial charge in [0.2, 0.25) is 0 Å². The molecule has 0 amide bonds. The Morgan fingerprint density at radius 2 is 0.589 bits per heavy atom. The summed E-state index contributed by atoms with van der Waals surface area (Å²) < 4.78 is 185. The molecule has 2 bridgehead atoms. The van der Waals surface area contributed by atoms with Gasteiger partial charge < -0.3 is 14.2 Å². The maximum absolute atomic E-state index is 13.6. The summed E-state index contributed by atoms with van der Waals surface area (Å²) in [4.78, 5) is 0. The summed E-state index contributed by atoms with van der Waals surface area (Å²) in [6.07, 6.45) is 23.2. The molecule has 2 saturated heterocycles. The summed E-state index contributed by atoms with van der Waals surface area (Å²) in [5, 5.41) is 3.88. The highest BCUT2D eigenvalue weighted by atomic mass is 19.2. The highest BCUT2D eigenvalue weighted by Gasteiger charge is 2.43. The minimum Gasteiger partial charge on any atom is -0.378 e. The van der Waals surface area contributed by atoms with Crippen LogP contribution in [0.4, 0.5) is 57.1 Å². The Morgan fingerprint density at radius 1 is 0.233 bits per heavy atom. The van der Waals surface area contributed by atoms with Gasteiger partial charge in [-0.1, -0.05) is 260 Å². The highest BCUT2D eigenvalue weighted by molar-refractivity contribution is 5.86. The van der Waals surface area contributed by atoms with E-state index in [0.29, 0.717) is 67.5 Å². The lowest BCUT2D eigenvalue weighted by atomic mass is 9.55. The molecule has 792 valence electrons. The molecule has 16 heteroatoms. The summed E-state index contributed by atoms with van der Waals surface area (Å²) in [6, 6.07) is 57.4. The summed E-state index contributed by atoms with van der Waals surface area (Å²) in [5.41, 5.74) is 19.5. The highest BCUT2D eigenvalue weighted by Crippen LogP contribution is 2.56. The third kappa shape index (κ3) is 39.6. The molecule has 6 aliphatic carbocycles. The third-order valence-electron chi connectivity index (χ3n) is 28.7. The summed E-state index contributed by atoms with van der Waals surface area (Å²) in [7, 11) is 0. The van der Waals surface area contributed by atoms with E-state index in [9.17, 15) is 57.1 Å². The number of ether oxygens (including phenoxy) is 3. The molecule has 2 aliphatic heterocycles. The van der Waals surface area contributed by atoms with E-state index in [0.717, 1.165) is 101 Å². The van der Waals surface area contributed by atoms with Gasteiger partial charge in [0.15, 0.2) is 29.6 Å². The minimum absolute atomic E-state index is 0.0196. The SMILES string of the molecule is CC12CCC(C)(CC1)CC2.CC1CCC(C)CC1.CC1CCC(C)OC1.CC1COC(C)OC1.Cc1c(F)cc2c(c1F)CCC(C)C2.Cc1cc(F)c(C)c(F)c1.Cc1cc2ccc(C)c(F)c2c(F)c1F.Cc1ccc(C)c(F)c1.Cc1ccc(C)c(F)c1.Cc1ccc(C)c(F)c1F.Cc1ccc(C)cc1.Cc1ccc2c(F)c(C)c(F)cc2c1.Cc1ccc2c(c1)CC(C)C2.Cc1ccc2cc(C)ccc2c1. The van der Waals surface area contributed by atoms with Crippen molar-refractivity contribution in [2.24, 2.45) is 46.3 Å². The first-order valence-corrected chi connectivity index (χ1v) is 52.2. The van der Waals surface area contributed by atoms with E-state index in [1.54, 1.807) is 80.4 Å². The van der Waals surface area contributed by atoms with Crippen molar-refractivity contribution in [2.45, 2.75) is 315 Å². The van der Waals surface area contributed by atoms with Crippen LogP contribution in [0.2, 0.25) is 0 Å². The Labute approximate surface area is 866 Å². The fourth-order valence-electron chi connectivity index (χ4n) is 18.0. The number of hydrogen-bond acceptors (Lipinski definition) is 3. The second kappa shape index (κ2) is 58.5. The Hall–Kier alpha value is -10.4. The van der Waals surface area contributed by atoms with Crippen molar-refractivity contribution >= 4 is 32.3 Å². The lowest BCUT2D eigenvalue weighted by molar-refractivity contribution is -0.187. The molecule has 2 heterocycles. The Kier molecular flexibility index (Phi) is 49.1. The van der Waals surface area contributed by atoms with Crippen molar-refractivity contribution in [3.8, 4) is 0 Å². The average molecular weight is 2020 g/mol. The topological polar surface area (TPSA) is 27.7 Å². The molecular formula is C130H163F13O3. The molecule has 0 N–H and O–H groups in total. The smallest absolute Gasteiger partial charge is 0.169 e. The first kappa shape index (κ1) is 123. The maximum atomic E-state index is 13.6. The maximum Gasteiger partial charge on any atom is 0.169 e. The summed E-state index contributed by atoms with van der Waals surface area (Å²) in [5.74, 6) is -2.28. The molecule has 3 nitrogen and oxygen atoms in total. The van der Waals surface area contributed by atoms with Gasteiger partial charge in [-0.25, -0.2) is 57.1 Å². The van der Waals surface area contributed by atoms with Crippen LogP contribution in [-0.2, 0) is 39.9 Å². The zero-order valence-electron chi connectivity index (χ0n) is 92.3. The van der Waals surface area contributed by atoms with Gasteiger partial charge in [0.05, 0.1) is 24.7 Å². The second-order valence-electron chi connectivity index (χ2n) is 43.6. The molecule has 0 radical (unpaired) electrons. The predicted octanol–water partition coefficient (Wildman–Crippen LogP) is 38.6. The normalized spacial score (nSPS) is 19.9. The van der Waals surface area contributed by atoms with Crippen LogP contribution in [0.3, 0.4) is 0 Å². The van der Waals surface area contributed by atoms with Gasteiger partial charge in [0.25, 0.3) is 0 Å². The third-order valence-corrected chi connectivity index (χ3v) is 28.7. The van der Waals surface area contributed by atoms with E-state index in [1.165, 1.54) is 219 Å². The molecule has 4 unspecified atom stereocenters. The van der Waals surface area contributed by atoms with Gasteiger partial charge in [-0.15, -0.1) is 0 Å². The molecule has 13 aromatic rings. The quantitative estimate of drug-likeness (QED) is 0.142. The lowest BCUT2D eigenvalue weighted by Crippen LogP contribution is -2.37. The monoisotopic (exact) mass is 2020 g/mol. The van der Waals surface area contributed by atoms with Crippen LogP contribution in [0.15, 0.2) is 188 Å². The predicted molar refractivity (Wildman–Crippen MR) is 584 cm³/mol. The number of halogens is 13. The molecule has 8 aliphatic rings. The average Bonchev–Trinajstić information content (AvgIpc) is 1.05. The molecule has 4 atom stereocenters. The summed E-state index contributed by atoms with van der Waals surface area (Å²) >= 11 is 0. The van der Waals surface area contributed by atoms with E-state index in [-0.39, 0.29) is 51.4 Å². The molecule has 6 fully saturated rings. The zero-order valence-corrected chi connectivity index (χ0v) is 92.3. The fourth-order valence-corrected chi connectivity index (χ4v) is 18.0. The van der Waals surface area contributed by atoms with Crippen molar-refractivity contribution < 1.29 is 71.3 Å². The Morgan fingerprint density at radius 3 is 1.04 bits per heavy atom. The van der Waals surface area contributed by atoms with Crippen molar-refractivity contribution in [3.05, 3.63) is 386 Å². The standard InChI is InChI=1S/C12H9F3.C12H14F2.C12H10F2.C12H12.C11H14.C10H18.2C8H8F2.2C8H9F.C8H16.C8H10.C7H14O.C6H12O2/c1-6-3-4-8-5-7(2)11(14)12(15)9(8)10(6)13;2*1-7-3-4-10-9(5-7)6-11(13)8(2)12(10)14;1-9-3-5-12-8-10(2)4-6-11(12)7-9;1-8-3-4-10-6-9(2)7-11(10)5-8;1-9-3-6-10(2,7-4-9)8-5-9;1-5-3-7(9)6(2)8(10)4-5;1-5-3-4-6(2)8(10)7(5)9;2*1-6-3-4-7(2)8(9)5-6;2*1-7-3-5-8(2)6-4-7;1-6-3-4-7(2)8-5-6;1-5-3-7-6(2)8-4-5/h3-5H,1-2H3;6-7H,3-5H2,1-2H3;3-6H,1-2H3;3-8H,1-2H3;3-5,9H,6-7H2,1-2H3;3-8H2,1-2H3;2*3-4H,1-2H3;2*3-5H,1-2H3;7-8H,3-6H2,1-2H3;3-6H,1-2H3;6-7H,3-5H2,1-2H3;5-6H,3-4H2,1-2H3. The minimum atomic E-state index is -1.11. The van der Waals surface area contributed by atoms with Gasteiger partial charge in [-0.2, -0.15) is 0 Å². The fraction of sp³-hybridized carbons (Fsp3) is 0.446. The van der Waals surface area contributed by atoms with Gasteiger partial charge in [0, 0.05) is 34.6 Å². The first-order chi connectivity index (χ1) is 68.6.